The normalized spacial score (nSPS) is 10.9. The number of fused-ring (bicyclic) bond motifs is 1. The molecule has 118 valence electrons. The highest BCUT2D eigenvalue weighted by Gasteiger charge is 2.16. The summed E-state index contributed by atoms with van der Waals surface area (Å²) >= 11 is 3.39. The Hall–Kier alpha value is -2.41. The fraction of sp³-hybridized carbons (Fsp3) is 0.188. The highest BCUT2D eigenvalue weighted by molar-refractivity contribution is 9.10. The van der Waals surface area contributed by atoms with E-state index >= 15 is 0 Å². The minimum atomic E-state index is -0.447. The summed E-state index contributed by atoms with van der Waals surface area (Å²) in [7, 11) is 0. The van der Waals surface area contributed by atoms with Crippen molar-refractivity contribution in [2.24, 2.45) is 0 Å². The Labute approximate surface area is 141 Å². The van der Waals surface area contributed by atoms with E-state index in [4.69, 9.17) is 0 Å². The standard InChI is InChI=1S/C16H15BrN4O2/c1-2-20(16-14(17)7-12(9-19-16)21(22)23)10-11-8-18-15-6-4-3-5-13(11)15/h3-9,18H,2,10H2,1H3. The molecular weight excluding hydrogens is 360 g/mol. The van der Waals surface area contributed by atoms with Crippen LogP contribution >= 0.6 is 15.9 Å². The molecule has 0 atom stereocenters. The highest BCUT2D eigenvalue weighted by Crippen LogP contribution is 2.29. The lowest BCUT2D eigenvalue weighted by molar-refractivity contribution is -0.385. The predicted molar refractivity (Wildman–Crippen MR) is 93.6 cm³/mol. The van der Waals surface area contributed by atoms with E-state index in [1.807, 2.05) is 31.3 Å². The molecule has 0 aliphatic heterocycles. The van der Waals surface area contributed by atoms with Crippen LogP contribution in [0.5, 0.6) is 0 Å². The first-order valence-corrected chi connectivity index (χ1v) is 7.99. The maximum absolute atomic E-state index is 10.8. The number of hydrogen-bond acceptors (Lipinski definition) is 4. The first kappa shape index (κ1) is 15.5. The fourth-order valence-electron chi connectivity index (χ4n) is 2.56. The van der Waals surface area contributed by atoms with Crippen molar-refractivity contribution in [3.8, 4) is 0 Å². The van der Waals surface area contributed by atoms with Gasteiger partial charge in [0.05, 0.1) is 9.40 Å². The van der Waals surface area contributed by atoms with E-state index in [9.17, 15) is 10.1 Å². The van der Waals surface area contributed by atoms with Crippen LogP contribution in [0.3, 0.4) is 0 Å². The summed E-state index contributed by atoms with van der Waals surface area (Å²) in [6.07, 6.45) is 3.28. The minimum Gasteiger partial charge on any atom is -0.361 e. The van der Waals surface area contributed by atoms with Gasteiger partial charge < -0.3 is 9.88 Å². The number of rotatable bonds is 5. The van der Waals surface area contributed by atoms with E-state index in [-0.39, 0.29) is 5.69 Å². The number of nitrogens with zero attached hydrogens (tertiary/aromatic N) is 3. The van der Waals surface area contributed by atoms with Gasteiger partial charge in [0, 0.05) is 36.3 Å². The van der Waals surface area contributed by atoms with Crippen LogP contribution in [0.25, 0.3) is 10.9 Å². The summed E-state index contributed by atoms with van der Waals surface area (Å²) in [5, 5.41) is 12.0. The maximum atomic E-state index is 10.8. The van der Waals surface area contributed by atoms with E-state index in [0.29, 0.717) is 16.8 Å². The average Bonchev–Trinajstić information content (AvgIpc) is 2.96. The van der Waals surface area contributed by atoms with E-state index in [2.05, 4.69) is 36.9 Å². The zero-order chi connectivity index (χ0) is 16.4. The number of anilines is 1. The second-order valence-corrected chi connectivity index (χ2v) is 5.98. The molecule has 0 fully saturated rings. The molecular formula is C16H15BrN4O2. The van der Waals surface area contributed by atoms with Gasteiger partial charge in [-0.1, -0.05) is 18.2 Å². The number of benzene rings is 1. The van der Waals surface area contributed by atoms with E-state index in [1.54, 1.807) is 0 Å². The number of para-hydroxylation sites is 1. The smallest absolute Gasteiger partial charge is 0.288 e. The van der Waals surface area contributed by atoms with Crippen LogP contribution in [-0.2, 0) is 6.54 Å². The topological polar surface area (TPSA) is 75.1 Å². The largest absolute Gasteiger partial charge is 0.361 e. The van der Waals surface area contributed by atoms with Crippen molar-refractivity contribution < 1.29 is 4.92 Å². The van der Waals surface area contributed by atoms with Gasteiger partial charge in [-0.15, -0.1) is 0 Å². The van der Waals surface area contributed by atoms with Crippen LogP contribution < -0.4 is 4.90 Å². The molecule has 1 N–H and O–H groups in total. The second-order valence-electron chi connectivity index (χ2n) is 5.13. The van der Waals surface area contributed by atoms with Gasteiger partial charge in [0.2, 0.25) is 0 Å². The quantitative estimate of drug-likeness (QED) is 0.534. The number of halogens is 1. The van der Waals surface area contributed by atoms with Gasteiger partial charge in [0.25, 0.3) is 5.69 Å². The summed E-state index contributed by atoms with van der Waals surface area (Å²) in [6, 6.07) is 9.60. The summed E-state index contributed by atoms with van der Waals surface area (Å²) in [5.74, 6) is 0.698. The maximum Gasteiger partial charge on any atom is 0.288 e. The van der Waals surface area contributed by atoms with Crippen molar-refractivity contribution in [1.82, 2.24) is 9.97 Å². The molecule has 7 heteroatoms. The number of H-pyrrole nitrogens is 1. The molecule has 3 rings (SSSR count). The fourth-order valence-corrected chi connectivity index (χ4v) is 3.15. The van der Waals surface area contributed by atoms with E-state index in [0.717, 1.165) is 17.6 Å². The van der Waals surface area contributed by atoms with Gasteiger partial charge in [-0.25, -0.2) is 4.98 Å². The molecule has 23 heavy (non-hydrogen) atoms. The molecule has 0 spiro atoms. The van der Waals surface area contributed by atoms with Crippen LogP contribution in [0.4, 0.5) is 11.5 Å². The molecule has 3 aromatic rings. The van der Waals surface area contributed by atoms with Gasteiger partial charge in [-0.3, -0.25) is 10.1 Å². The van der Waals surface area contributed by atoms with Gasteiger partial charge >= 0.3 is 0 Å². The molecule has 2 heterocycles. The number of pyridine rings is 1. The molecule has 0 bridgehead atoms. The van der Waals surface area contributed by atoms with Crippen LogP contribution in [0.2, 0.25) is 0 Å². The lowest BCUT2D eigenvalue weighted by atomic mass is 10.1. The van der Waals surface area contributed by atoms with Gasteiger partial charge in [0.15, 0.2) is 0 Å². The summed E-state index contributed by atoms with van der Waals surface area (Å²) < 4.78 is 0.619. The van der Waals surface area contributed by atoms with Gasteiger partial charge in [-0.2, -0.15) is 0 Å². The van der Waals surface area contributed by atoms with Crippen LogP contribution in [0, 0.1) is 10.1 Å². The van der Waals surface area contributed by atoms with Crippen LogP contribution in [0.15, 0.2) is 47.2 Å². The molecule has 0 aliphatic rings. The third-order valence-corrected chi connectivity index (χ3v) is 4.32. The molecule has 0 amide bonds. The number of nitrogens with one attached hydrogen (secondary N) is 1. The monoisotopic (exact) mass is 374 g/mol. The summed E-state index contributed by atoms with van der Waals surface area (Å²) in [5.41, 5.74) is 2.23. The second kappa shape index (κ2) is 6.37. The predicted octanol–water partition coefficient (Wildman–Crippen LogP) is 4.26. The Bertz CT molecular complexity index is 862. The van der Waals surface area contributed by atoms with E-state index < -0.39 is 4.92 Å². The lowest BCUT2D eigenvalue weighted by Crippen LogP contribution is -2.23. The van der Waals surface area contributed by atoms with Crippen molar-refractivity contribution in [2.75, 3.05) is 11.4 Å². The average molecular weight is 375 g/mol. The van der Waals surface area contributed by atoms with Crippen molar-refractivity contribution in [3.63, 3.8) is 0 Å². The third kappa shape index (κ3) is 3.05. The molecule has 1 aromatic carbocycles. The molecule has 0 saturated heterocycles. The first-order chi connectivity index (χ1) is 11.1. The Balaban J connectivity index is 1.92. The van der Waals surface area contributed by atoms with Crippen molar-refractivity contribution in [2.45, 2.75) is 13.5 Å². The minimum absolute atomic E-state index is 0.0243. The molecule has 2 aromatic heterocycles. The molecule has 0 saturated carbocycles. The number of aromatic amines is 1. The zero-order valence-electron chi connectivity index (χ0n) is 12.5. The van der Waals surface area contributed by atoms with Crippen molar-refractivity contribution in [3.05, 3.63) is 62.9 Å². The first-order valence-electron chi connectivity index (χ1n) is 7.20. The van der Waals surface area contributed by atoms with Crippen LogP contribution in [0.1, 0.15) is 12.5 Å². The number of aromatic nitrogens is 2. The Kier molecular flexibility index (Phi) is 4.29. The number of nitro groups is 1. The number of hydrogen-bond donors (Lipinski definition) is 1. The Morgan fingerprint density at radius 2 is 2.17 bits per heavy atom. The van der Waals surface area contributed by atoms with Gasteiger partial charge in [0.1, 0.15) is 12.0 Å². The molecule has 0 radical (unpaired) electrons. The summed E-state index contributed by atoms with van der Waals surface area (Å²) in [6.45, 7) is 3.44. The molecule has 0 unspecified atom stereocenters. The van der Waals surface area contributed by atoms with Gasteiger partial charge in [-0.05, 0) is 34.5 Å². The molecule has 0 aliphatic carbocycles. The Morgan fingerprint density at radius 3 is 2.87 bits per heavy atom. The SMILES string of the molecule is CCN(Cc1c[nH]c2ccccc12)c1ncc([N+](=O)[O-])cc1Br. The van der Waals surface area contributed by atoms with Crippen molar-refractivity contribution >= 4 is 38.3 Å². The lowest BCUT2D eigenvalue weighted by Gasteiger charge is -2.22. The summed E-state index contributed by atoms with van der Waals surface area (Å²) in [4.78, 5) is 20.0. The van der Waals surface area contributed by atoms with E-state index in [1.165, 1.54) is 17.6 Å². The Morgan fingerprint density at radius 1 is 1.39 bits per heavy atom. The van der Waals surface area contributed by atoms with Crippen LogP contribution in [-0.4, -0.2) is 21.4 Å². The zero-order valence-corrected chi connectivity index (χ0v) is 14.1. The van der Waals surface area contributed by atoms with Crippen molar-refractivity contribution in [1.29, 1.82) is 0 Å². The highest BCUT2D eigenvalue weighted by atomic mass is 79.9. The third-order valence-electron chi connectivity index (χ3n) is 3.74. The molecule has 6 nitrogen and oxygen atoms in total.